The SMILES string of the molecule is O=C(O)c1cccc(F)c1NC(=O)c1c(F)cccc1F. The molecule has 0 aliphatic rings. The second-order valence-electron chi connectivity index (χ2n) is 4.02. The van der Waals surface area contributed by atoms with Crippen LogP contribution in [0.5, 0.6) is 0 Å². The molecule has 0 unspecified atom stereocenters. The van der Waals surface area contributed by atoms with E-state index in [-0.39, 0.29) is 0 Å². The van der Waals surface area contributed by atoms with Crippen LogP contribution in [-0.2, 0) is 0 Å². The Balaban J connectivity index is 2.44. The van der Waals surface area contributed by atoms with Crippen LogP contribution in [0.4, 0.5) is 18.9 Å². The van der Waals surface area contributed by atoms with Gasteiger partial charge in [-0.1, -0.05) is 12.1 Å². The molecule has 2 aromatic carbocycles. The van der Waals surface area contributed by atoms with Gasteiger partial charge >= 0.3 is 5.97 Å². The number of carbonyl (C=O) groups excluding carboxylic acids is 1. The third kappa shape index (κ3) is 2.86. The van der Waals surface area contributed by atoms with Crippen molar-refractivity contribution in [2.24, 2.45) is 0 Å². The predicted octanol–water partition coefficient (Wildman–Crippen LogP) is 3.05. The van der Waals surface area contributed by atoms with Crippen LogP contribution in [0.1, 0.15) is 20.7 Å². The van der Waals surface area contributed by atoms with Gasteiger partial charge in [0.15, 0.2) is 0 Å². The monoisotopic (exact) mass is 295 g/mol. The Labute approximate surface area is 116 Å². The molecule has 0 radical (unpaired) electrons. The Morgan fingerprint density at radius 1 is 0.905 bits per heavy atom. The summed E-state index contributed by atoms with van der Waals surface area (Å²) in [7, 11) is 0. The Morgan fingerprint density at radius 2 is 1.43 bits per heavy atom. The van der Waals surface area contributed by atoms with E-state index in [0.29, 0.717) is 0 Å². The number of benzene rings is 2. The van der Waals surface area contributed by atoms with Gasteiger partial charge < -0.3 is 10.4 Å². The average Bonchev–Trinajstić information content (AvgIpc) is 2.40. The standard InChI is InChI=1S/C14H8F3NO3/c15-8-4-2-5-9(16)11(8)13(19)18-12-7(14(20)21)3-1-6-10(12)17/h1-6H,(H,18,19)(H,20,21). The third-order valence-electron chi connectivity index (χ3n) is 2.67. The molecule has 2 N–H and O–H groups in total. The van der Waals surface area contributed by atoms with Crippen LogP contribution in [-0.4, -0.2) is 17.0 Å². The van der Waals surface area contributed by atoms with Crippen LogP contribution in [0.2, 0.25) is 0 Å². The Hall–Kier alpha value is -2.83. The zero-order valence-corrected chi connectivity index (χ0v) is 10.4. The minimum Gasteiger partial charge on any atom is -0.478 e. The summed E-state index contributed by atoms with van der Waals surface area (Å²) < 4.78 is 40.5. The van der Waals surface area contributed by atoms with E-state index in [4.69, 9.17) is 5.11 Å². The maximum atomic E-state index is 13.6. The largest absolute Gasteiger partial charge is 0.478 e. The predicted molar refractivity (Wildman–Crippen MR) is 67.7 cm³/mol. The van der Waals surface area contributed by atoms with Crippen LogP contribution in [0.3, 0.4) is 0 Å². The summed E-state index contributed by atoms with van der Waals surface area (Å²) in [6, 6.07) is 5.89. The summed E-state index contributed by atoms with van der Waals surface area (Å²) in [5, 5.41) is 10.8. The van der Waals surface area contributed by atoms with Gasteiger partial charge in [-0.2, -0.15) is 0 Å². The zero-order chi connectivity index (χ0) is 15.6. The van der Waals surface area contributed by atoms with Crippen LogP contribution in [0.15, 0.2) is 36.4 Å². The third-order valence-corrected chi connectivity index (χ3v) is 2.67. The van der Waals surface area contributed by atoms with E-state index in [0.717, 1.165) is 36.4 Å². The lowest BCUT2D eigenvalue weighted by molar-refractivity contribution is 0.0697. The summed E-state index contributed by atoms with van der Waals surface area (Å²) in [4.78, 5) is 22.8. The molecule has 7 heteroatoms. The van der Waals surface area contributed by atoms with Crippen molar-refractivity contribution in [3.8, 4) is 0 Å². The fraction of sp³-hybridized carbons (Fsp3) is 0. The molecule has 2 rings (SSSR count). The van der Waals surface area contributed by atoms with Crippen molar-refractivity contribution in [1.82, 2.24) is 0 Å². The molecule has 108 valence electrons. The number of carboxylic acid groups (broad SMARTS) is 1. The maximum absolute atomic E-state index is 13.6. The first-order valence-electron chi connectivity index (χ1n) is 5.69. The molecule has 0 fully saturated rings. The van der Waals surface area contributed by atoms with Gasteiger partial charge in [-0.3, -0.25) is 4.79 Å². The lowest BCUT2D eigenvalue weighted by atomic mass is 10.1. The highest BCUT2D eigenvalue weighted by molar-refractivity contribution is 6.08. The first-order chi connectivity index (χ1) is 9.91. The lowest BCUT2D eigenvalue weighted by Gasteiger charge is -2.10. The van der Waals surface area contributed by atoms with E-state index in [1.807, 2.05) is 5.32 Å². The van der Waals surface area contributed by atoms with E-state index >= 15 is 0 Å². The fourth-order valence-electron chi connectivity index (χ4n) is 1.72. The molecule has 21 heavy (non-hydrogen) atoms. The first-order valence-corrected chi connectivity index (χ1v) is 5.69. The number of amides is 1. The highest BCUT2D eigenvalue weighted by atomic mass is 19.1. The Kier molecular flexibility index (Phi) is 3.93. The molecule has 1 amide bonds. The van der Waals surface area contributed by atoms with Gasteiger partial charge in [0.05, 0.1) is 11.3 Å². The van der Waals surface area contributed by atoms with Gasteiger partial charge in [0.2, 0.25) is 0 Å². The van der Waals surface area contributed by atoms with E-state index in [1.165, 1.54) is 0 Å². The van der Waals surface area contributed by atoms with Crippen molar-refractivity contribution >= 4 is 17.6 Å². The van der Waals surface area contributed by atoms with Crippen molar-refractivity contribution in [3.63, 3.8) is 0 Å². The van der Waals surface area contributed by atoms with Crippen LogP contribution in [0, 0.1) is 17.5 Å². The molecule has 0 heterocycles. The summed E-state index contributed by atoms with van der Waals surface area (Å²) >= 11 is 0. The van der Waals surface area contributed by atoms with E-state index in [9.17, 15) is 22.8 Å². The average molecular weight is 295 g/mol. The van der Waals surface area contributed by atoms with Crippen molar-refractivity contribution in [3.05, 3.63) is 65.0 Å². The van der Waals surface area contributed by atoms with Crippen LogP contribution >= 0.6 is 0 Å². The van der Waals surface area contributed by atoms with E-state index in [1.54, 1.807) is 0 Å². The molecular weight excluding hydrogens is 287 g/mol. The number of carbonyl (C=O) groups is 2. The molecule has 0 bridgehead atoms. The van der Waals surface area contributed by atoms with E-state index in [2.05, 4.69) is 0 Å². The van der Waals surface area contributed by atoms with E-state index < -0.39 is 46.1 Å². The number of halogens is 3. The molecule has 0 spiro atoms. The van der Waals surface area contributed by atoms with Crippen LogP contribution < -0.4 is 5.32 Å². The minimum absolute atomic E-state index is 0.528. The number of hydrogen-bond donors (Lipinski definition) is 2. The minimum atomic E-state index is -1.49. The number of anilines is 1. The number of rotatable bonds is 3. The highest BCUT2D eigenvalue weighted by Gasteiger charge is 2.21. The highest BCUT2D eigenvalue weighted by Crippen LogP contribution is 2.22. The van der Waals surface area contributed by atoms with Crippen molar-refractivity contribution in [2.75, 3.05) is 5.32 Å². The van der Waals surface area contributed by atoms with Gasteiger partial charge in [-0.25, -0.2) is 18.0 Å². The molecule has 2 aromatic rings. The smallest absolute Gasteiger partial charge is 0.337 e. The lowest BCUT2D eigenvalue weighted by Crippen LogP contribution is -2.19. The van der Waals surface area contributed by atoms with Crippen LogP contribution in [0.25, 0.3) is 0 Å². The summed E-state index contributed by atoms with van der Waals surface area (Å²) in [5.41, 5.74) is -2.10. The molecule has 0 aromatic heterocycles. The zero-order valence-electron chi connectivity index (χ0n) is 10.4. The number of carboxylic acids is 1. The Morgan fingerprint density at radius 3 is 2.00 bits per heavy atom. The summed E-state index contributed by atoms with van der Waals surface area (Å²) in [5.74, 6) is -6.07. The number of aromatic carboxylic acids is 1. The molecule has 0 aliphatic carbocycles. The van der Waals surface area contributed by atoms with Gasteiger partial charge in [0.1, 0.15) is 23.0 Å². The quantitative estimate of drug-likeness (QED) is 0.914. The molecular formula is C14H8F3NO3. The topological polar surface area (TPSA) is 66.4 Å². The fourth-order valence-corrected chi connectivity index (χ4v) is 1.72. The Bertz CT molecular complexity index is 711. The molecule has 0 atom stereocenters. The van der Waals surface area contributed by atoms with Gasteiger partial charge in [0, 0.05) is 0 Å². The molecule has 4 nitrogen and oxygen atoms in total. The van der Waals surface area contributed by atoms with Crippen molar-refractivity contribution < 1.29 is 27.9 Å². The molecule has 0 saturated heterocycles. The van der Waals surface area contributed by atoms with Gasteiger partial charge in [-0.05, 0) is 24.3 Å². The number of hydrogen-bond acceptors (Lipinski definition) is 2. The van der Waals surface area contributed by atoms with Gasteiger partial charge in [0.25, 0.3) is 5.91 Å². The van der Waals surface area contributed by atoms with Crippen molar-refractivity contribution in [1.29, 1.82) is 0 Å². The summed E-state index contributed by atoms with van der Waals surface area (Å²) in [6.07, 6.45) is 0. The number of para-hydroxylation sites is 1. The second kappa shape index (κ2) is 5.66. The second-order valence-corrected chi connectivity index (χ2v) is 4.02. The first kappa shape index (κ1) is 14.6. The number of nitrogens with one attached hydrogen (secondary N) is 1. The maximum Gasteiger partial charge on any atom is 0.337 e. The molecule has 0 aliphatic heterocycles. The van der Waals surface area contributed by atoms with Crippen molar-refractivity contribution in [2.45, 2.75) is 0 Å². The van der Waals surface area contributed by atoms with Gasteiger partial charge in [-0.15, -0.1) is 0 Å². The summed E-state index contributed by atoms with van der Waals surface area (Å²) in [6.45, 7) is 0. The molecule has 0 saturated carbocycles. The normalized spacial score (nSPS) is 10.2.